The molecule has 8 heteroatoms. The molecule has 0 aliphatic heterocycles. The molecule has 0 unspecified atom stereocenters. The fourth-order valence-electron chi connectivity index (χ4n) is 1.89. The Labute approximate surface area is 137 Å². The maximum Gasteiger partial charge on any atom is 0.337 e. The summed E-state index contributed by atoms with van der Waals surface area (Å²) in [5.41, 5.74) is 0.352. The molecular formula is C15H24N2O5S. The molecule has 0 amide bonds. The van der Waals surface area contributed by atoms with Crippen LogP contribution < -0.4 is 10.0 Å². The Bertz CT molecular complexity index is 616. The predicted molar refractivity (Wildman–Crippen MR) is 88.5 cm³/mol. The fourth-order valence-corrected chi connectivity index (χ4v) is 2.99. The minimum atomic E-state index is -3.74. The predicted octanol–water partition coefficient (Wildman–Crippen LogP) is 1.91. The number of aromatic carboxylic acids is 1. The Morgan fingerprint density at radius 2 is 2.00 bits per heavy atom. The Morgan fingerprint density at radius 1 is 1.26 bits per heavy atom. The van der Waals surface area contributed by atoms with Crippen LogP contribution in [0.2, 0.25) is 0 Å². The van der Waals surface area contributed by atoms with Crippen LogP contribution in [0.1, 0.15) is 37.0 Å². The lowest BCUT2D eigenvalue weighted by Crippen LogP contribution is -2.26. The molecule has 0 aromatic heterocycles. The molecule has 1 aromatic carbocycles. The molecule has 0 radical (unpaired) electrons. The number of carbonyl (C=O) groups is 1. The van der Waals surface area contributed by atoms with E-state index in [1.54, 1.807) is 0 Å². The number of carboxylic acids is 1. The molecule has 130 valence electrons. The quantitative estimate of drug-likeness (QED) is 0.530. The van der Waals surface area contributed by atoms with E-state index < -0.39 is 16.0 Å². The van der Waals surface area contributed by atoms with E-state index in [4.69, 9.17) is 4.74 Å². The molecule has 1 aromatic rings. The van der Waals surface area contributed by atoms with Crippen molar-refractivity contribution in [2.45, 2.75) is 31.6 Å². The number of nitrogens with one attached hydrogen (secondary N) is 2. The van der Waals surface area contributed by atoms with Gasteiger partial charge in [0.2, 0.25) is 10.0 Å². The second kappa shape index (κ2) is 9.49. The summed E-state index contributed by atoms with van der Waals surface area (Å²) < 4.78 is 32.0. The molecule has 0 aliphatic carbocycles. The normalized spacial score (nSPS) is 11.4. The zero-order valence-corrected chi connectivity index (χ0v) is 14.3. The smallest absolute Gasteiger partial charge is 0.337 e. The Kier molecular flexibility index (Phi) is 8.01. The standard InChI is InChI=1S/C15H24N2O5S/c1-3-8-16-14-7-6-12(11-13(14)15(18)19)23(20,21)17-9-5-10-22-4-2/h6-7,11,16-17H,3-5,8-10H2,1-2H3,(H,18,19). The van der Waals surface area contributed by atoms with E-state index in [-0.39, 0.29) is 17.0 Å². The molecular weight excluding hydrogens is 320 g/mol. The van der Waals surface area contributed by atoms with Gasteiger partial charge in [-0.3, -0.25) is 0 Å². The highest BCUT2D eigenvalue weighted by Gasteiger charge is 2.18. The zero-order chi connectivity index (χ0) is 17.3. The fraction of sp³-hybridized carbons (Fsp3) is 0.533. The van der Waals surface area contributed by atoms with Gasteiger partial charge in [0.15, 0.2) is 0 Å². The lowest BCUT2D eigenvalue weighted by molar-refractivity contribution is 0.0697. The van der Waals surface area contributed by atoms with Crippen LogP contribution in [0, 0.1) is 0 Å². The van der Waals surface area contributed by atoms with Crippen LogP contribution in [0.5, 0.6) is 0 Å². The van der Waals surface area contributed by atoms with E-state index in [9.17, 15) is 18.3 Å². The summed E-state index contributed by atoms with van der Waals surface area (Å²) >= 11 is 0. The van der Waals surface area contributed by atoms with Crippen molar-refractivity contribution >= 4 is 21.7 Å². The summed E-state index contributed by atoms with van der Waals surface area (Å²) in [6.45, 7) is 5.73. The van der Waals surface area contributed by atoms with Crippen molar-refractivity contribution in [1.29, 1.82) is 0 Å². The van der Waals surface area contributed by atoms with Gasteiger partial charge in [-0.15, -0.1) is 0 Å². The van der Waals surface area contributed by atoms with Gasteiger partial charge in [-0.2, -0.15) is 0 Å². The number of hydrogen-bond acceptors (Lipinski definition) is 5. The molecule has 23 heavy (non-hydrogen) atoms. The third-order valence-corrected chi connectivity index (χ3v) is 4.52. The second-order valence-electron chi connectivity index (χ2n) is 4.89. The third kappa shape index (κ3) is 6.17. The van der Waals surface area contributed by atoms with Crippen LogP contribution >= 0.6 is 0 Å². The number of anilines is 1. The number of hydrogen-bond donors (Lipinski definition) is 3. The minimum absolute atomic E-state index is 0.0596. The van der Waals surface area contributed by atoms with Crippen LogP contribution in [-0.4, -0.2) is 45.8 Å². The lowest BCUT2D eigenvalue weighted by Gasteiger charge is -2.12. The molecule has 0 saturated carbocycles. The topological polar surface area (TPSA) is 105 Å². The van der Waals surface area contributed by atoms with Gasteiger partial charge in [-0.05, 0) is 38.0 Å². The summed E-state index contributed by atoms with van der Waals surface area (Å²) in [4.78, 5) is 11.3. The first-order chi connectivity index (χ1) is 10.9. The first kappa shape index (κ1) is 19.4. The summed E-state index contributed by atoms with van der Waals surface area (Å²) in [5.74, 6) is -1.17. The van der Waals surface area contributed by atoms with E-state index in [0.717, 1.165) is 6.42 Å². The Balaban J connectivity index is 2.85. The van der Waals surface area contributed by atoms with E-state index in [1.807, 2.05) is 13.8 Å². The molecule has 0 atom stereocenters. The summed E-state index contributed by atoms with van der Waals surface area (Å²) in [5, 5.41) is 12.2. The lowest BCUT2D eigenvalue weighted by atomic mass is 10.2. The number of ether oxygens (including phenoxy) is 1. The van der Waals surface area contributed by atoms with Crippen molar-refractivity contribution < 1.29 is 23.1 Å². The van der Waals surface area contributed by atoms with Gasteiger partial charge < -0.3 is 15.2 Å². The summed E-state index contributed by atoms with van der Waals surface area (Å²) in [6.07, 6.45) is 1.38. The van der Waals surface area contributed by atoms with Crippen molar-refractivity contribution in [3.8, 4) is 0 Å². The first-order valence-corrected chi connectivity index (χ1v) is 9.09. The van der Waals surface area contributed by atoms with Crippen LogP contribution in [-0.2, 0) is 14.8 Å². The average Bonchev–Trinajstić information content (AvgIpc) is 2.52. The highest BCUT2D eigenvalue weighted by atomic mass is 32.2. The van der Waals surface area contributed by atoms with Crippen molar-refractivity contribution in [3.05, 3.63) is 23.8 Å². The molecule has 0 aliphatic rings. The number of rotatable bonds is 11. The van der Waals surface area contributed by atoms with Gasteiger partial charge in [-0.1, -0.05) is 6.92 Å². The van der Waals surface area contributed by atoms with Crippen molar-refractivity contribution in [2.24, 2.45) is 0 Å². The maximum absolute atomic E-state index is 12.2. The molecule has 0 spiro atoms. The monoisotopic (exact) mass is 344 g/mol. The maximum atomic E-state index is 12.2. The zero-order valence-electron chi connectivity index (χ0n) is 13.5. The van der Waals surface area contributed by atoms with Gasteiger partial charge in [0.05, 0.1) is 10.5 Å². The third-order valence-electron chi connectivity index (χ3n) is 3.06. The molecule has 0 saturated heterocycles. The minimum Gasteiger partial charge on any atom is -0.478 e. The second-order valence-corrected chi connectivity index (χ2v) is 6.65. The summed E-state index contributed by atoms with van der Waals surface area (Å²) in [6, 6.07) is 4.05. The number of benzene rings is 1. The van der Waals surface area contributed by atoms with Gasteiger partial charge >= 0.3 is 5.97 Å². The van der Waals surface area contributed by atoms with Crippen molar-refractivity contribution in [2.75, 3.05) is 31.6 Å². The summed E-state index contributed by atoms with van der Waals surface area (Å²) in [7, 11) is -3.74. The van der Waals surface area contributed by atoms with Gasteiger partial charge in [-0.25, -0.2) is 17.9 Å². The Hall–Kier alpha value is -1.64. The van der Waals surface area contributed by atoms with E-state index in [2.05, 4.69) is 10.0 Å². The average molecular weight is 344 g/mol. The van der Waals surface area contributed by atoms with E-state index in [1.165, 1.54) is 18.2 Å². The van der Waals surface area contributed by atoms with Crippen LogP contribution in [0.25, 0.3) is 0 Å². The molecule has 0 fully saturated rings. The van der Waals surface area contributed by atoms with Gasteiger partial charge in [0, 0.05) is 32.0 Å². The highest BCUT2D eigenvalue weighted by molar-refractivity contribution is 7.89. The number of carboxylic acid groups (broad SMARTS) is 1. The van der Waals surface area contributed by atoms with Crippen molar-refractivity contribution in [1.82, 2.24) is 4.72 Å². The van der Waals surface area contributed by atoms with Crippen LogP contribution in [0.15, 0.2) is 23.1 Å². The van der Waals surface area contributed by atoms with E-state index in [0.29, 0.717) is 31.9 Å². The first-order valence-electron chi connectivity index (χ1n) is 7.61. The van der Waals surface area contributed by atoms with Crippen LogP contribution in [0.4, 0.5) is 5.69 Å². The van der Waals surface area contributed by atoms with Gasteiger partial charge in [0.1, 0.15) is 0 Å². The molecule has 1 rings (SSSR count). The highest BCUT2D eigenvalue weighted by Crippen LogP contribution is 2.20. The largest absolute Gasteiger partial charge is 0.478 e. The molecule has 0 bridgehead atoms. The Morgan fingerprint density at radius 3 is 2.61 bits per heavy atom. The van der Waals surface area contributed by atoms with E-state index >= 15 is 0 Å². The SMILES string of the molecule is CCCNc1ccc(S(=O)(=O)NCCCOCC)cc1C(=O)O. The van der Waals surface area contributed by atoms with Crippen molar-refractivity contribution in [3.63, 3.8) is 0 Å². The van der Waals surface area contributed by atoms with Gasteiger partial charge in [0.25, 0.3) is 0 Å². The van der Waals surface area contributed by atoms with Crippen LogP contribution in [0.3, 0.4) is 0 Å². The molecule has 0 heterocycles. The number of sulfonamides is 1. The molecule has 7 nitrogen and oxygen atoms in total. The molecule has 3 N–H and O–H groups in total.